The number of nitrogens with two attached hydrogens (primary N) is 1. The third kappa shape index (κ3) is 5.40. The van der Waals surface area contributed by atoms with Gasteiger partial charge < -0.3 is 10.1 Å². The van der Waals surface area contributed by atoms with Gasteiger partial charge in [0.25, 0.3) is 0 Å². The molecule has 0 saturated carbocycles. The van der Waals surface area contributed by atoms with E-state index in [4.69, 9.17) is 10.6 Å². The van der Waals surface area contributed by atoms with Crippen LogP contribution in [0.15, 0.2) is 21.6 Å². The fourth-order valence-electron chi connectivity index (χ4n) is 1.37. The van der Waals surface area contributed by atoms with E-state index >= 15 is 0 Å². The van der Waals surface area contributed by atoms with Crippen LogP contribution in [0.4, 0.5) is 14.5 Å². The highest BCUT2D eigenvalue weighted by atomic mass is 79.9. The largest absolute Gasteiger partial charge is 0.382 e. The highest BCUT2D eigenvalue weighted by molar-refractivity contribution is 9.10. The van der Waals surface area contributed by atoms with Crippen molar-refractivity contribution in [1.29, 1.82) is 0 Å². The lowest BCUT2D eigenvalue weighted by Crippen LogP contribution is -2.36. The van der Waals surface area contributed by atoms with Crippen LogP contribution in [0.1, 0.15) is 13.3 Å². The average molecular weight is 351 g/mol. The molecule has 0 atom stereocenters. The van der Waals surface area contributed by atoms with Gasteiger partial charge in [-0.25, -0.2) is 14.6 Å². The lowest BCUT2D eigenvalue weighted by Gasteiger charge is -2.11. The van der Waals surface area contributed by atoms with Crippen molar-refractivity contribution < 1.29 is 13.5 Å². The number of halogens is 3. The van der Waals surface area contributed by atoms with E-state index in [-0.39, 0.29) is 16.1 Å². The van der Waals surface area contributed by atoms with Crippen LogP contribution in [0.2, 0.25) is 0 Å². The summed E-state index contributed by atoms with van der Waals surface area (Å²) in [6, 6.07) is 2.05. The minimum absolute atomic E-state index is 0.0692. The molecule has 1 aromatic carbocycles. The van der Waals surface area contributed by atoms with Crippen molar-refractivity contribution in [3.8, 4) is 0 Å². The minimum atomic E-state index is -0.733. The lowest BCUT2D eigenvalue weighted by atomic mass is 10.3. The second-order valence-electron chi connectivity index (χ2n) is 3.80. The van der Waals surface area contributed by atoms with Gasteiger partial charge in [0.15, 0.2) is 0 Å². The van der Waals surface area contributed by atoms with Gasteiger partial charge in [-0.05, 0) is 35.3 Å². The fourth-order valence-corrected chi connectivity index (χ4v) is 1.71. The molecule has 20 heavy (non-hydrogen) atoms. The summed E-state index contributed by atoms with van der Waals surface area (Å²) in [5.74, 6) is 4.08. The first kappa shape index (κ1) is 16.8. The lowest BCUT2D eigenvalue weighted by molar-refractivity contribution is 0.146. The normalized spacial score (nSPS) is 11.6. The molecule has 0 heterocycles. The quantitative estimate of drug-likeness (QED) is 0.184. The van der Waals surface area contributed by atoms with E-state index in [1.54, 1.807) is 0 Å². The number of guanidine groups is 1. The molecule has 8 heteroatoms. The Labute approximate surface area is 124 Å². The molecule has 1 aromatic rings. The molecule has 0 bridgehead atoms. The van der Waals surface area contributed by atoms with Crippen LogP contribution < -0.4 is 16.6 Å². The number of anilines is 1. The monoisotopic (exact) mass is 350 g/mol. The van der Waals surface area contributed by atoms with Crippen LogP contribution in [0, 0.1) is 11.6 Å². The maximum Gasteiger partial charge on any atom is 0.210 e. The number of ether oxygens (including phenoxy) is 1. The zero-order valence-corrected chi connectivity index (χ0v) is 12.6. The third-order valence-corrected chi connectivity index (χ3v) is 2.93. The second-order valence-corrected chi connectivity index (χ2v) is 4.65. The van der Waals surface area contributed by atoms with Crippen LogP contribution in [0.5, 0.6) is 0 Å². The molecule has 0 amide bonds. The zero-order valence-electron chi connectivity index (χ0n) is 11.0. The number of nitrogens with zero attached hydrogens (tertiary/aromatic N) is 1. The molecule has 0 aliphatic heterocycles. The number of aliphatic imine (C=N–C) groups is 1. The van der Waals surface area contributed by atoms with E-state index in [2.05, 4.69) is 31.7 Å². The molecule has 1 rings (SSSR count). The van der Waals surface area contributed by atoms with Crippen molar-refractivity contribution in [1.82, 2.24) is 5.43 Å². The van der Waals surface area contributed by atoms with Gasteiger partial charge in [0.05, 0.1) is 10.2 Å². The van der Waals surface area contributed by atoms with Crippen molar-refractivity contribution in [3.63, 3.8) is 0 Å². The summed E-state index contributed by atoms with van der Waals surface area (Å²) in [6.45, 7) is 3.62. The van der Waals surface area contributed by atoms with Gasteiger partial charge in [-0.3, -0.25) is 10.4 Å². The van der Waals surface area contributed by atoms with Crippen molar-refractivity contribution in [2.45, 2.75) is 13.3 Å². The molecule has 0 radical (unpaired) electrons. The first-order chi connectivity index (χ1) is 9.58. The van der Waals surface area contributed by atoms with Crippen LogP contribution in [-0.4, -0.2) is 25.7 Å². The maximum absolute atomic E-state index is 13.5. The Hall–Kier alpha value is -1.25. The Morgan fingerprint density at radius 1 is 1.40 bits per heavy atom. The summed E-state index contributed by atoms with van der Waals surface area (Å²) in [7, 11) is 0. The first-order valence-electron chi connectivity index (χ1n) is 6.08. The Bertz CT molecular complexity index is 471. The van der Waals surface area contributed by atoms with Crippen LogP contribution in [0.25, 0.3) is 0 Å². The minimum Gasteiger partial charge on any atom is -0.382 e. The Morgan fingerprint density at radius 3 is 2.80 bits per heavy atom. The standard InChI is InChI=1S/C12H17BrF2N4O/c1-2-20-5-3-4-17-12(19-16)18-11-6-8(13)9(14)7-10(11)15/h6-7H,2-5,16H2,1H3,(H2,17,18,19). The smallest absolute Gasteiger partial charge is 0.210 e. The van der Waals surface area contributed by atoms with Crippen molar-refractivity contribution in [3.05, 3.63) is 28.2 Å². The van der Waals surface area contributed by atoms with E-state index in [1.165, 1.54) is 6.07 Å². The first-order valence-corrected chi connectivity index (χ1v) is 6.88. The average Bonchev–Trinajstić information content (AvgIpc) is 2.42. The molecular weight excluding hydrogens is 334 g/mol. The summed E-state index contributed by atoms with van der Waals surface area (Å²) in [4.78, 5) is 4.12. The number of nitrogens with one attached hydrogen (secondary N) is 2. The molecule has 0 aliphatic rings. The maximum atomic E-state index is 13.5. The molecule has 0 fully saturated rings. The third-order valence-electron chi connectivity index (χ3n) is 2.32. The van der Waals surface area contributed by atoms with E-state index < -0.39 is 11.6 Å². The molecular formula is C12H17BrF2N4O. The number of rotatable bonds is 6. The zero-order chi connectivity index (χ0) is 15.0. The van der Waals surface area contributed by atoms with E-state index in [1.807, 2.05) is 6.92 Å². The number of hydrogen-bond acceptors (Lipinski definition) is 3. The van der Waals surface area contributed by atoms with Crippen molar-refractivity contribution in [2.75, 3.05) is 25.1 Å². The number of benzene rings is 1. The van der Waals surface area contributed by atoms with Crippen molar-refractivity contribution >= 4 is 27.6 Å². The number of hydrogen-bond donors (Lipinski definition) is 3. The molecule has 0 aliphatic carbocycles. The van der Waals surface area contributed by atoms with Gasteiger partial charge in [0, 0.05) is 25.8 Å². The SMILES string of the molecule is CCOCCCN=C(NN)Nc1cc(Br)c(F)cc1F. The Balaban J connectivity index is 2.64. The predicted octanol–water partition coefficient (Wildman–Crippen LogP) is 2.39. The summed E-state index contributed by atoms with van der Waals surface area (Å²) in [5.41, 5.74) is 2.39. The Morgan fingerprint density at radius 2 is 2.15 bits per heavy atom. The van der Waals surface area contributed by atoms with Gasteiger partial charge >= 0.3 is 0 Å². The van der Waals surface area contributed by atoms with E-state index in [0.717, 1.165) is 12.5 Å². The highest BCUT2D eigenvalue weighted by Gasteiger charge is 2.09. The molecule has 112 valence electrons. The van der Waals surface area contributed by atoms with Crippen LogP contribution in [0.3, 0.4) is 0 Å². The molecule has 4 N–H and O–H groups in total. The molecule has 5 nitrogen and oxygen atoms in total. The molecule has 0 aromatic heterocycles. The highest BCUT2D eigenvalue weighted by Crippen LogP contribution is 2.23. The van der Waals surface area contributed by atoms with Gasteiger partial charge in [-0.15, -0.1) is 0 Å². The predicted molar refractivity (Wildman–Crippen MR) is 78.4 cm³/mol. The molecule has 0 saturated heterocycles. The van der Waals surface area contributed by atoms with E-state index in [9.17, 15) is 8.78 Å². The topological polar surface area (TPSA) is 71.7 Å². The second kappa shape index (κ2) is 8.83. The summed E-state index contributed by atoms with van der Waals surface area (Å²) in [5, 5.41) is 2.66. The van der Waals surface area contributed by atoms with Gasteiger partial charge in [0.1, 0.15) is 11.6 Å². The summed E-state index contributed by atoms with van der Waals surface area (Å²) < 4.78 is 32.0. The van der Waals surface area contributed by atoms with Gasteiger partial charge in [-0.2, -0.15) is 0 Å². The number of hydrazine groups is 1. The van der Waals surface area contributed by atoms with Crippen LogP contribution in [-0.2, 0) is 4.74 Å². The van der Waals surface area contributed by atoms with Crippen LogP contribution >= 0.6 is 15.9 Å². The van der Waals surface area contributed by atoms with Gasteiger partial charge in [0.2, 0.25) is 5.96 Å². The molecule has 0 unspecified atom stereocenters. The Kier molecular flexibility index (Phi) is 7.42. The molecule has 0 spiro atoms. The van der Waals surface area contributed by atoms with E-state index in [0.29, 0.717) is 19.8 Å². The summed E-state index contributed by atoms with van der Waals surface area (Å²) >= 11 is 2.98. The van der Waals surface area contributed by atoms with Gasteiger partial charge in [-0.1, -0.05) is 0 Å². The summed E-state index contributed by atoms with van der Waals surface area (Å²) in [6.07, 6.45) is 0.719. The van der Waals surface area contributed by atoms with Crippen molar-refractivity contribution in [2.24, 2.45) is 10.8 Å². The fraction of sp³-hybridized carbons (Fsp3) is 0.417.